The maximum Gasteiger partial charge on any atom is 0.429 e. The average molecular weight is 274 g/mol. The zero-order valence-electron chi connectivity index (χ0n) is 10.6. The van der Waals surface area contributed by atoms with Gasteiger partial charge in [-0.05, 0) is 25.1 Å². The molecule has 1 rings (SSSR count). The zero-order chi connectivity index (χ0) is 14.6. The van der Waals surface area contributed by atoms with E-state index in [0.29, 0.717) is 5.69 Å². The van der Waals surface area contributed by atoms with E-state index in [9.17, 15) is 18.0 Å². The first-order chi connectivity index (χ1) is 8.79. The monoisotopic (exact) mass is 274 g/mol. The highest BCUT2D eigenvalue weighted by atomic mass is 19.4. The van der Waals surface area contributed by atoms with Crippen LogP contribution >= 0.6 is 0 Å². The number of esters is 1. The summed E-state index contributed by atoms with van der Waals surface area (Å²) >= 11 is 0. The Balaban J connectivity index is 3.28. The molecular weight excluding hydrogens is 261 g/mol. The number of rotatable bonds is 3. The van der Waals surface area contributed by atoms with Gasteiger partial charge in [0.25, 0.3) is 0 Å². The Labute approximate surface area is 108 Å². The molecule has 0 heterocycles. The minimum atomic E-state index is -4.51. The van der Waals surface area contributed by atoms with Crippen molar-refractivity contribution in [2.75, 3.05) is 19.5 Å². The van der Waals surface area contributed by atoms with Crippen molar-refractivity contribution < 1.29 is 22.7 Å². The van der Waals surface area contributed by atoms with E-state index in [1.807, 2.05) is 0 Å². The predicted molar refractivity (Wildman–Crippen MR) is 66.2 cm³/mol. The summed E-state index contributed by atoms with van der Waals surface area (Å²) in [4.78, 5) is 14.8. The Hall–Kier alpha value is -2.05. The topological polar surface area (TPSA) is 50.7 Å². The first kappa shape index (κ1) is 15.0. The summed E-state index contributed by atoms with van der Waals surface area (Å²) in [5.41, 5.74) is -0.447. The fourth-order valence-electron chi connectivity index (χ4n) is 1.32. The van der Waals surface area contributed by atoms with Crippen LogP contribution in [0.3, 0.4) is 0 Å². The summed E-state index contributed by atoms with van der Waals surface area (Å²) in [6, 6.07) is 4.15. The van der Waals surface area contributed by atoms with Crippen LogP contribution in [0.25, 0.3) is 0 Å². The van der Waals surface area contributed by atoms with Gasteiger partial charge in [-0.15, -0.1) is 0 Å². The summed E-state index contributed by atoms with van der Waals surface area (Å²) in [6.45, 7) is 0.865. The van der Waals surface area contributed by atoms with Gasteiger partial charge in [0.15, 0.2) is 0 Å². The third kappa shape index (κ3) is 3.70. The van der Waals surface area contributed by atoms with Crippen molar-refractivity contribution in [1.82, 2.24) is 0 Å². The minimum absolute atomic E-state index is 0.0280. The molecule has 0 radical (unpaired) electrons. The van der Waals surface area contributed by atoms with E-state index >= 15 is 0 Å². The number of nitrogens with zero attached hydrogens (tertiary/aromatic N) is 1. The second-order valence-corrected chi connectivity index (χ2v) is 3.67. The zero-order valence-corrected chi connectivity index (χ0v) is 10.6. The molecule has 0 aliphatic carbocycles. The van der Waals surface area contributed by atoms with Gasteiger partial charge in [0.2, 0.25) is 0 Å². The van der Waals surface area contributed by atoms with Crippen LogP contribution in [0.5, 0.6) is 0 Å². The molecule has 19 heavy (non-hydrogen) atoms. The smallest absolute Gasteiger partial charge is 0.429 e. The van der Waals surface area contributed by atoms with Crippen LogP contribution in [0.2, 0.25) is 0 Å². The van der Waals surface area contributed by atoms with Crippen LogP contribution < -0.4 is 5.32 Å². The van der Waals surface area contributed by atoms with Gasteiger partial charge in [0.1, 0.15) is 5.71 Å². The van der Waals surface area contributed by atoms with E-state index < -0.39 is 17.9 Å². The summed E-state index contributed by atoms with van der Waals surface area (Å²) < 4.78 is 41.9. The van der Waals surface area contributed by atoms with Gasteiger partial charge in [-0.3, -0.25) is 0 Å². The van der Waals surface area contributed by atoms with Crippen molar-refractivity contribution in [3.8, 4) is 0 Å². The summed E-state index contributed by atoms with van der Waals surface area (Å²) in [5.74, 6) is -0.635. The van der Waals surface area contributed by atoms with Crippen molar-refractivity contribution in [1.29, 1.82) is 0 Å². The highest BCUT2D eigenvalue weighted by molar-refractivity contribution is 5.94. The number of aliphatic imine (C=N–C) groups is 1. The fourth-order valence-corrected chi connectivity index (χ4v) is 1.32. The van der Waals surface area contributed by atoms with Gasteiger partial charge in [-0.25, -0.2) is 9.79 Å². The molecule has 0 spiro atoms. The summed E-state index contributed by atoms with van der Waals surface area (Å²) in [5, 5.41) is 2.71. The van der Waals surface area contributed by atoms with Gasteiger partial charge in [0.05, 0.1) is 24.0 Å². The number of ether oxygens (including phenoxy) is 1. The van der Waals surface area contributed by atoms with E-state index in [-0.39, 0.29) is 11.3 Å². The molecule has 0 unspecified atom stereocenters. The molecule has 0 atom stereocenters. The van der Waals surface area contributed by atoms with E-state index in [1.54, 1.807) is 7.05 Å². The molecule has 0 saturated carbocycles. The normalized spacial score (nSPS) is 12.2. The maximum atomic E-state index is 12.5. The summed E-state index contributed by atoms with van der Waals surface area (Å²) in [6.07, 6.45) is -4.51. The quantitative estimate of drug-likeness (QED) is 0.680. The molecule has 0 amide bonds. The maximum absolute atomic E-state index is 12.5. The lowest BCUT2D eigenvalue weighted by atomic mass is 10.1. The van der Waals surface area contributed by atoms with E-state index in [4.69, 9.17) is 0 Å². The van der Waals surface area contributed by atoms with E-state index in [0.717, 1.165) is 6.92 Å². The Morgan fingerprint density at radius 1 is 1.37 bits per heavy atom. The van der Waals surface area contributed by atoms with Crippen molar-refractivity contribution >= 4 is 23.1 Å². The molecule has 1 aromatic rings. The van der Waals surface area contributed by atoms with Crippen LogP contribution in [0.15, 0.2) is 23.2 Å². The van der Waals surface area contributed by atoms with Crippen LogP contribution in [-0.2, 0) is 4.74 Å². The third-order valence-electron chi connectivity index (χ3n) is 2.39. The number of hydrogen-bond donors (Lipinski definition) is 1. The second kappa shape index (κ2) is 5.73. The van der Waals surface area contributed by atoms with Crippen molar-refractivity contribution in [2.45, 2.75) is 13.1 Å². The molecule has 104 valence electrons. The number of carbonyl (C=O) groups excluding carboxylic acids is 1. The second-order valence-electron chi connectivity index (χ2n) is 3.67. The van der Waals surface area contributed by atoms with Gasteiger partial charge in [-0.1, -0.05) is 0 Å². The van der Waals surface area contributed by atoms with Crippen LogP contribution in [0, 0.1) is 0 Å². The highest BCUT2D eigenvalue weighted by Crippen LogP contribution is 2.29. The highest BCUT2D eigenvalue weighted by Gasteiger charge is 2.32. The number of methoxy groups -OCH3 is 1. The molecule has 0 aliphatic heterocycles. The first-order valence-electron chi connectivity index (χ1n) is 5.32. The molecule has 1 aromatic carbocycles. The van der Waals surface area contributed by atoms with Crippen molar-refractivity contribution in [2.24, 2.45) is 4.99 Å². The molecule has 0 fully saturated rings. The molecular formula is C12H13F3N2O2. The Morgan fingerprint density at radius 2 is 2.00 bits per heavy atom. The number of benzene rings is 1. The number of hydrogen-bond acceptors (Lipinski definition) is 4. The molecule has 0 saturated heterocycles. The number of anilines is 1. The Kier molecular flexibility index (Phi) is 4.52. The molecule has 0 bridgehead atoms. The lowest BCUT2D eigenvalue weighted by Gasteiger charge is -2.10. The first-order valence-corrected chi connectivity index (χ1v) is 5.32. The van der Waals surface area contributed by atoms with Crippen molar-refractivity contribution in [3.63, 3.8) is 0 Å². The van der Waals surface area contributed by atoms with Gasteiger partial charge >= 0.3 is 12.1 Å². The molecule has 1 N–H and O–H groups in total. The number of alkyl halides is 3. The van der Waals surface area contributed by atoms with Crippen LogP contribution in [0.1, 0.15) is 17.3 Å². The SMILES string of the molecule is CNc1ccc(C(=O)OC)cc1N=C(C)C(F)(F)F. The molecule has 7 heteroatoms. The Bertz CT molecular complexity index is 510. The molecule has 0 aliphatic rings. The fraction of sp³-hybridized carbons (Fsp3) is 0.333. The van der Waals surface area contributed by atoms with Crippen LogP contribution in [-0.4, -0.2) is 32.0 Å². The molecule has 0 aromatic heterocycles. The third-order valence-corrected chi connectivity index (χ3v) is 2.39. The number of nitrogens with one attached hydrogen (secondary N) is 1. The van der Waals surface area contributed by atoms with Crippen molar-refractivity contribution in [3.05, 3.63) is 23.8 Å². The van der Waals surface area contributed by atoms with E-state index in [1.165, 1.54) is 25.3 Å². The van der Waals surface area contributed by atoms with Gasteiger partial charge in [-0.2, -0.15) is 13.2 Å². The minimum Gasteiger partial charge on any atom is -0.465 e. The standard InChI is InChI=1S/C12H13F3N2O2/c1-7(12(13,14)15)17-10-6-8(11(18)19-3)4-5-9(10)16-2/h4-6,16H,1-3H3. The lowest BCUT2D eigenvalue weighted by molar-refractivity contribution is -0.0591. The number of halogens is 3. The van der Waals surface area contributed by atoms with Crippen LogP contribution in [0.4, 0.5) is 24.5 Å². The Morgan fingerprint density at radius 3 is 2.47 bits per heavy atom. The largest absolute Gasteiger partial charge is 0.465 e. The lowest BCUT2D eigenvalue weighted by Crippen LogP contribution is -2.19. The van der Waals surface area contributed by atoms with E-state index in [2.05, 4.69) is 15.0 Å². The summed E-state index contributed by atoms with van der Waals surface area (Å²) in [7, 11) is 2.74. The average Bonchev–Trinajstić information content (AvgIpc) is 2.36. The molecule has 4 nitrogen and oxygen atoms in total. The van der Waals surface area contributed by atoms with Gasteiger partial charge in [0, 0.05) is 7.05 Å². The number of carbonyl (C=O) groups is 1. The predicted octanol–water partition coefficient (Wildman–Crippen LogP) is 3.17. The van der Waals surface area contributed by atoms with Gasteiger partial charge < -0.3 is 10.1 Å².